The molecule has 1 radical (unpaired) electrons. The van der Waals surface area contributed by atoms with E-state index in [0.717, 1.165) is 28.5 Å². The Hall–Kier alpha value is -2.55. The van der Waals surface area contributed by atoms with Gasteiger partial charge in [0.1, 0.15) is 5.82 Å². The van der Waals surface area contributed by atoms with Gasteiger partial charge in [-0.2, -0.15) is 5.10 Å². The predicted octanol–water partition coefficient (Wildman–Crippen LogP) is 4.71. The maximum absolute atomic E-state index is 4.58. The van der Waals surface area contributed by atoms with E-state index in [9.17, 15) is 0 Å². The van der Waals surface area contributed by atoms with Gasteiger partial charge in [0.05, 0.1) is 11.5 Å². The van der Waals surface area contributed by atoms with Gasteiger partial charge in [-0.15, -0.1) is 35.9 Å². The fourth-order valence-electron chi connectivity index (χ4n) is 2.75. The molecule has 0 spiro atoms. The second-order valence-electron chi connectivity index (χ2n) is 5.59. The first-order chi connectivity index (χ1) is 11.8. The Morgan fingerprint density at radius 3 is 2.36 bits per heavy atom. The van der Waals surface area contributed by atoms with E-state index in [-0.39, 0.29) is 20.1 Å². The molecule has 0 saturated carbocycles. The molecule has 0 aliphatic carbocycles. The summed E-state index contributed by atoms with van der Waals surface area (Å²) >= 11 is 0. The van der Waals surface area contributed by atoms with Gasteiger partial charge < -0.3 is 0 Å². The smallest absolute Gasteiger partial charge is 0.137 e. The molecule has 125 valence electrons. The first-order valence-corrected chi connectivity index (χ1v) is 7.88. The Morgan fingerprint density at radius 1 is 0.840 bits per heavy atom. The number of nitrogens with zero attached hydrogens (tertiary/aromatic N) is 3. The minimum Gasteiger partial charge on any atom is -0.262 e. The van der Waals surface area contributed by atoms with E-state index in [0.29, 0.717) is 0 Å². The summed E-state index contributed by atoms with van der Waals surface area (Å²) in [6, 6.07) is 29.7. The molecule has 0 bridgehead atoms. The van der Waals surface area contributed by atoms with Crippen molar-refractivity contribution >= 4 is 0 Å². The minimum absolute atomic E-state index is 0. The summed E-state index contributed by atoms with van der Waals surface area (Å²) < 4.78 is 1.88. The molecule has 1 aromatic heterocycles. The molecule has 4 heteroatoms. The van der Waals surface area contributed by atoms with Crippen LogP contribution < -0.4 is 0 Å². The Kier molecular flexibility index (Phi) is 5.22. The number of benzene rings is 3. The van der Waals surface area contributed by atoms with Crippen LogP contribution in [0.15, 0.2) is 78.9 Å². The molecular weight excluding hydrogens is 486 g/mol. The Morgan fingerprint density at radius 2 is 1.60 bits per heavy atom. The van der Waals surface area contributed by atoms with Crippen molar-refractivity contribution in [2.45, 2.75) is 6.92 Å². The number of aromatic nitrogens is 3. The zero-order valence-corrected chi connectivity index (χ0v) is 16.1. The third-order valence-electron chi connectivity index (χ3n) is 3.86. The minimum atomic E-state index is 0. The average Bonchev–Trinajstić information content (AvgIpc) is 3.05. The molecule has 25 heavy (non-hydrogen) atoms. The fraction of sp³-hybridized carbons (Fsp3) is 0.0476. The summed E-state index contributed by atoms with van der Waals surface area (Å²) in [5.41, 5.74) is 4.26. The number of hydrogen-bond donors (Lipinski definition) is 0. The number of hydrogen-bond acceptors (Lipinski definition) is 2. The maximum atomic E-state index is 4.58. The summed E-state index contributed by atoms with van der Waals surface area (Å²) in [7, 11) is 0. The van der Waals surface area contributed by atoms with Crippen molar-refractivity contribution in [1.29, 1.82) is 0 Å². The molecular formula is C21H16IrN3-. The summed E-state index contributed by atoms with van der Waals surface area (Å²) in [4.78, 5) is 4.58. The topological polar surface area (TPSA) is 30.7 Å². The van der Waals surface area contributed by atoms with E-state index >= 15 is 0 Å². The standard InChI is InChI=1S/C21H16N3.Ir/c1-16-22-21(18-11-6-3-7-12-18)24(23-16)20-14-8-13-19(15-20)17-9-4-2-5-10-17;/h2-11,13-15H,1H3;/q-1;. The van der Waals surface area contributed by atoms with E-state index in [1.807, 2.05) is 66.2 Å². The Balaban J connectivity index is 0.00000182. The second-order valence-corrected chi connectivity index (χ2v) is 5.59. The quantitative estimate of drug-likeness (QED) is 0.380. The van der Waals surface area contributed by atoms with Gasteiger partial charge in [0, 0.05) is 20.1 Å². The molecule has 4 rings (SSSR count). The van der Waals surface area contributed by atoms with Crippen molar-refractivity contribution < 1.29 is 20.1 Å². The molecule has 0 unspecified atom stereocenters. The average molecular weight is 503 g/mol. The van der Waals surface area contributed by atoms with Gasteiger partial charge >= 0.3 is 0 Å². The monoisotopic (exact) mass is 503 g/mol. The molecule has 1 heterocycles. The van der Waals surface area contributed by atoms with Crippen molar-refractivity contribution in [3.63, 3.8) is 0 Å². The van der Waals surface area contributed by atoms with Crippen LogP contribution in [-0.2, 0) is 20.1 Å². The summed E-state index contributed by atoms with van der Waals surface area (Å²) in [5, 5.41) is 4.58. The van der Waals surface area contributed by atoms with Crippen LogP contribution in [0, 0.1) is 13.0 Å². The number of rotatable bonds is 3. The fourth-order valence-corrected chi connectivity index (χ4v) is 2.75. The van der Waals surface area contributed by atoms with Crippen molar-refractivity contribution in [2.75, 3.05) is 0 Å². The van der Waals surface area contributed by atoms with Crippen molar-refractivity contribution in [3.05, 3.63) is 90.8 Å². The zero-order valence-electron chi connectivity index (χ0n) is 13.7. The van der Waals surface area contributed by atoms with Gasteiger partial charge in [-0.1, -0.05) is 42.5 Å². The summed E-state index contributed by atoms with van der Waals surface area (Å²) in [6.07, 6.45) is 0. The van der Waals surface area contributed by atoms with E-state index in [4.69, 9.17) is 0 Å². The molecule has 0 aliphatic heterocycles. The zero-order chi connectivity index (χ0) is 16.4. The molecule has 0 saturated heterocycles. The Labute approximate surface area is 160 Å². The van der Waals surface area contributed by atoms with Gasteiger partial charge in [0.15, 0.2) is 0 Å². The van der Waals surface area contributed by atoms with Gasteiger partial charge in [-0.05, 0) is 30.2 Å². The van der Waals surface area contributed by atoms with Crippen LogP contribution in [0.5, 0.6) is 0 Å². The van der Waals surface area contributed by atoms with E-state index in [2.05, 4.69) is 40.4 Å². The molecule has 0 fully saturated rings. The van der Waals surface area contributed by atoms with Crippen LogP contribution >= 0.6 is 0 Å². The van der Waals surface area contributed by atoms with Crippen molar-refractivity contribution in [2.24, 2.45) is 0 Å². The van der Waals surface area contributed by atoms with Gasteiger partial charge in [0.2, 0.25) is 0 Å². The van der Waals surface area contributed by atoms with E-state index in [1.165, 1.54) is 5.56 Å². The molecule has 0 aliphatic rings. The van der Waals surface area contributed by atoms with Crippen LogP contribution in [0.1, 0.15) is 5.82 Å². The molecule has 0 amide bonds. The van der Waals surface area contributed by atoms with Crippen LogP contribution in [0.4, 0.5) is 0 Å². The predicted molar refractivity (Wildman–Crippen MR) is 95.8 cm³/mol. The van der Waals surface area contributed by atoms with Gasteiger partial charge in [-0.25, -0.2) is 0 Å². The van der Waals surface area contributed by atoms with Crippen LogP contribution in [0.3, 0.4) is 0 Å². The van der Waals surface area contributed by atoms with Crippen LogP contribution in [0.2, 0.25) is 0 Å². The third-order valence-corrected chi connectivity index (χ3v) is 3.86. The summed E-state index contributed by atoms with van der Waals surface area (Å²) in [5.74, 6) is 1.55. The first-order valence-electron chi connectivity index (χ1n) is 7.88. The SMILES string of the molecule is Cc1nc(-c2[c-]cccc2)n(-c2cccc(-c3ccccc3)c2)n1.[Ir]. The normalized spacial score (nSPS) is 10.3. The van der Waals surface area contributed by atoms with Gasteiger partial charge in [0.25, 0.3) is 0 Å². The molecule has 3 aromatic carbocycles. The molecule has 3 nitrogen and oxygen atoms in total. The summed E-state index contributed by atoms with van der Waals surface area (Å²) in [6.45, 7) is 1.91. The Bertz CT molecular complexity index is 963. The van der Waals surface area contributed by atoms with E-state index in [1.54, 1.807) is 0 Å². The van der Waals surface area contributed by atoms with E-state index < -0.39 is 0 Å². The largest absolute Gasteiger partial charge is 0.262 e. The first kappa shape index (κ1) is 17.3. The molecule has 4 aromatic rings. The van der Waals surface area contributed by atoms with Crippen molar-refractivity contribution in [3.8, 4) is 28.2 Å². The number of aryl methyl sites for hydroxylation is 1. The van der Waals surface area contributed by atoms with Crippen LogP contribution in [0.25, 0.3) is 28.2 Å². The molecule has 0 atom stereocenters. The molecule has 0 N–H and O–H groups in total. The van der Waals surface area contributed by atoms with Crippen LogP contribution in [-0.4, -0.2) is 14.8 Å². The van der Waals surface area contributed by atoms with Gasteiger partial charge in [-0.3, -0.25) is 9.67 Å². The second kappa shape index (κ2) is 7.56. The van der Waals surface area contributed by atoms with Crippen molar-refractivity contribution in [1.82, 2.24) is 14.8 Å². The third kappa shape index (κ3) is 3.60. The maximum Gasteiger partial charge on any atom is 0.137 e.